The van der Waals surface area contributed by atoms with Gasteiger partial charge in [-0.3, -0.25) is 0 Å². The highest BCUT2D eigenvalue weighted by Crippen LogP contribution is 2.33. The molecule has 0 saturated carbocycles. The Hall–Kier alpha value is -0.200. The summed E-state index contributed by atoms with van der Waals surface area (Å²) in [6.45, 7) is 5.61. The highest BCUT2D eigenvalue weighted by molar-refractivity contribution is 4.86. The fourth-order valence-electron chi connectivity index (χ4n) is 3.85. The molecule has 2 aliphatic heterocycles. The minimum absolute atomic E-state index is 0.0124. The molecule has 5 atom stereocenters. The largest absolute Gasteiger partial charge is 0.394 e. The van der Waals surface area contributed by atoms with Crippen LogP contribution in [0.2, 0.25) is 0 Å². The molecular formula is C20H38O5. The van der Waals surface area contributed by atoms with E-state index in [-0.39, 0.29) is 37.3 Å². The van der Waals surface area contributed by atoms with Crippen molar-refractivity contribution in [2.45, 2.75) is 109 Å². The Labute approximate surface area is 153 Å². The monoisotopic (exact) mass is 358 g/mol. The molecule has 2 saturated heterocycles. The van der Waals surface area contributed by atoms with Gasteiger partial charge in [-0.05, 0) is 32.6 Å². The molecule has 25 heavy (non-hydrogen) atoms. The van der Waals surface area contributed by atoms with Gasteiger partial charge in [-0.15, -0.1) is 0 Å². The van der Waals surface area contributed by atoms with E-state index in [0.717, 1.165) is 38.7 Å². The molecule has 2 aliphatic rings. The first-order valence-electron chi connectivity index (χ1n) is 10.4. The van der Waals surface area contributed by atoms with Gasteiger partial charge in [0, 0.05) is 19.6 Å². The highest BCUT2D eigenvalue weighted by Gasteiger charge is 2.40. The molecule has 2 heterocycles. The van der Waals surface area contributed by atoms with Crippen molar-refractivity contribution < 1.29 is 24.1 Å². The van der Waals surface area contributed by atoms with Crippen LogP contribution in [0.1, 0.15) is 78.1 Å². The lowest BCUT2D eigenvalue weighted by Crippen LogP contribution is -2.35. The van der Waals surface area contributed by atoms with E-state index >= 15 is 0 Å². The summed E-state index contributed by atoms with van der Waals surface area (Å²) in [7, 11) is 0. The van der Waals surface area contributed by atoms with E-state index in [1.807, 2.05) is 6.92 Å². The Morgan fingerprint density at radius 1 is 0.920 bits per heavy atom. The second-order valence-electron chi connectivity index (χ2n) is 7.29. The number of hydrogen-bond acceptors (Lipinski definition) is 5. The van der Waals surface area contributed by atoms with E-state index in [1.165, 1.54) is 32.1 Å². The van der Waals surface area contributed by atoms with Gasteiger partial charge in [-0.1, -0.05) is 39.0 Å². The molecule has 5 nitrogen and oxygen atoms in total. The van der Waals surface area contributed by atoms with Crippen LogP contribution in [0.25, 0.3) is 0 Å². The van der Waals surface area contributed by atoms with Gasteiger partial charge in [0.15, 0.2) is 6.29 Å². The maximum Gasteiger partial charge on any atom is 0.158 e. The Morgan fingerprint density at radius 3 is 2.40 bits per heavy atom. The van der Waals surface area contributed by atoms with Crippen molar-refractivity contribution in [3.63, 3.8) is 0 Å². The number of unbranched alkanes of at least 4 members (excludes halogenated alkanes) is 5. The first-order valence-corrected chi connectivity index (χ1v) is 10.4. The summed E-state index contributed by atoms with van der Waals surface area (Å²) < 4.78 is 23.6. The topological polar surface area (TPSA) is 57.2 Å². The first kappa shape index (κ1) is 21.1. The summed E-state index contributed by atoms with van der Waals surface area (Å²) in [6, 6.07) is 0. The summed E-state index contributed by atoms with van der Waals surface area (Å²) in [5.74, 6) is 0. The second-order valence-corrected chi connectivity index (χ2v) is 7.29. The molecule has 0 aromatic rings. The normalized spacial score (nSPS) is 30.8. The average Bonchev–Trinajstić information content (AvgIpc) is 3.28. The number of rotatable bonds is 13. The Balaban J connectivity index is 1.58. The zero-order valence-corrected chi connectivity index (χ0v) is 16.2. The number of aliphatic hydroxyl groups is 1. The summed E-state index contributed by atoms with van der Waals surface area (Å²) >= 11 is 0. The van der Waals surface area contributed by atoms with Crippen molar-refractivity contribution >= 4 is 0 Å². The maximum absolute atomic E-state index is 9.44. The smallest absolute Gasteiger partial charge is 0.158 e. The zero-order valence-electron chi connectivity index (χ0n) is 16.2. The summed E-state index contributed by atoms with van der Waals surface area (Å²) in [5, 5.41) is 9.44. The number of aliphatic hydroxyl groups excluding tert-OH is 1. The lowest BCUT2D eigenvalue weighted by Gasteiger charge is -2.24. The molecule has 0 radical (unpaired) electrons. The van der Waals surface area contributed by atoms with Gasteiger partial charge in [-0.25, -0.2) is 0 Å². The fraction of sp³-hybridized carbons (Fsp3) is 1.00. The van der Waals surface area contributed by atoms with Crippen LogP contribution in [-0.4, -0.2) is 55.6 Å². The van der Waals surface area contributed by atoms with E-state index in [9.17, 15) is 5.11 Å². The quantitative estimate of drug-likeness (QED) is 0.507. The van der Waals surface area contributed by atoms with Crippen molar-refractivity contribution in [2.24, 2.45) is 0 Å². The van der Waals surface area contributed by atoms with Gasteiger partial charge in [0.2, 0.25) is 0 Å². The molecule has 0 aromatic carbocycles. The van der Waals surface area contributed by atoms with Crippen LogP contribution in [-0.2, 0) is 18.9 Å². The third-order valence-corrected chi connectivity index (χ3v) is 5.29. The molecule has 2 rings (SSSR count). The third-order valence-electron chi connectivity index (χ3n) is 5.29. The SMILES string of the molecule is CCCCCCCCOC1CC[C@H]([C@@H]2CC[C@@H]([C@@H](CO)OCC)O2)O1. The predicted molar refractivity (Wildman–Crippen MR) is 97.6 cm³/mol. The van der Waals surface area contributed by atoms with Crippen molar-refractivity contribution in [1.29, 1.82) is 0 Å². The van der Waals surface area contributed by atoms with Crippen molar-refractivity contribution in [3.05, 3.63) is 0 Å². The highest BCUT2D eigenvalue weighted by atomic mass is 16.7. The van der Waals surface area contributed by atoms with Crippen LogP contribution in [0.15, 0.2) is 0 Å². The zero-order chi connectivity index (χ0) is 17.9. The van der Waals surface area contributed by atoms with E-state index in [2.05, 4.69) is 6.92 Å². The van der Waals surface area contributed by atoms with Crippen molar-refractivity contribution in [3.8, 4) is 0 Å². The van der Waals surface area contributed by atoms with Crippen molar-refractivity contribution in [2.75, 3.05) is 19.8 Å². The third kappa shape index (κ3) is 7.14. The van der Waals surface area contributed by atoms with Crippen LogP contribution < -0.4 is 0 Å². The Bertz CT molecular complexity index is 338. The molecule has 1 N–H and O–H groups in total. The molecular weight excluding hydrogens is 320 g/mol. The van der Waals surface area contributed by atoms with E-state index in [1.54, 1.807) is 0 Å². The molecule has 0 aliphatic carbocycles. The molecule has 2 fully saturated rings. The van der Waals surface area contributed by atoms with Crippen LogP contribution in [0, 0.1) is 0 Å². The van der Waals surface area contributed by atoms with Gasteiger partial charge in [0.25, 0.3) is 0 Å². The van der Waals surface area contributed by atoms with Gasteiger partial charge in [0.1, 0.15) is 6.10 Å². The molecule has 0 aromatic heterocycles. The molecule has 5 heteroatoms. The van der Waals surface area contributed by atoms with Crippen LogP contribution in [0.4, 0.5) is 0 Å². The Kier molecular flexibility index (Phi) is 10.3. The van der Waals surface area contributed by atoms with E-state index in [4.69, 9.17) is 18.9 Å². The molecule has 0 spiro atoms. The minimum atomic E-state index is -0.212. The summed E-state index contributed by atoms with van der Waals surface area (Å²) in [6.07, 6.45) is 11.5. The average molecular weight is 359 g/mol. The van der Waals surface area contributed by atoms with E-state index < -0.39 is 0 Å². The lowest BCUT2D eigenvalue weighted by atomic mass is 10.1. The molecule has 148 valence electrons. The Morgan fingerprint density at radius 2 is 1.64 bits per heavy atom. The fourth-order valence-corrected chi connectivity index (χ4v) is 3.85. The lowest BCUT2D eigenvalue weighted by molar-refractivity contribution is -0.168. The van der Waals surface area contributed by atoms with Crippen LogP contribution >= 0.6 is 0 Å². The molecule has 0 bridgehead atoms. The standard InChI is InChI=1S/C20H38O5/c1-3-5-6-7-8-9-14-23-20-13-12-17(25-20)16-10-11-18(24-16)19(15-21)22-4-2/h16-21H,3-15H2,1-2H3/t16-,17+,18-,19+,20?/m0/s1. The van der Waals surface area contributed by atoms with Crippen molar-refractivity contribution in [1.82, 2.24) is 0 Å². The predicted octanol–water partition coefficient (Wildman–Crippen LogP) is 3.81. The van der Waals surface area contributed by atoms with E-state index in [0.29, 0.717) is 6.61 Å². The van der Waals surface area contributed by atoms with Gasteiger partial charge < -0.3 is 24.1 Å². The van der Waals surface area contributed by atoms with Gasteiger partial charge in [0.05, 0.1) is 24.9 Å². The first-order chi connectivity index (χ1) is 12.3. The number of ether oxygens (including phenoxy) is 4. The van der Waals surface area contributed by atoms with Gasteiger partial charge >= 0.3 is 0 Å². The van der Waals surface area contributed by atoms with Crippen LogP contribution in [0.3, 0.4) is 0 Å². The van der Waals surface area contributed by atoms with Crippen LogP contribution in [0.5, 0.6) is 0 Å². The minimum Gasteiger partial charge on any atom is -0.394 e. The molecule has 0 amide bonds. The summed E-state index contributed by atoms with van der Waals surface area (Å²) in [4.78, 5) is 0. The summed E-state index contributed by atoms with van der Waals surface area (Å²) in [5.41, 5.74) is 0. The molecule has 1 unspecified atom stereocenters. The second kappa shape index (κ2) is 12.2. The number of hydrogen-bond donors (Lipinski definition) is 1. The maximum atomic E-state index is 9.44. The van der Waals surface area contributed by atoms with Gasteiger partial charge in [-0.2, -0.15) is 0 Å².